The molecule has 206 valence electrons. The van der Waals surface area contributed by atoms with Gasteiger partial charge in [0.05, 0.1) is 11.4 Å². The van der Waals surface area contributed by atoms with Crippen molar-refractivity contribution >= 4 is 21.5 Å². The van der Waals surface area contributed by atoms with Crippen LogP contribution in [-0.4, -0.2) is 15.0 Å². The highest BCUT2D eigenvalue weighted by Crippen LogP contribution is 2.37. The van der Waals surface area contributed by atoms with E-state index < -0.39 is 0 Å². The van der Waals surface area contributed by atoms with Crippen LogP contribution in [0.5, 0.6) is 0 Å². The van der Waals surface area contributed by atoms with Crippen molar-refractivity contribution in [3.63, 3.8) is 0 Å². The fraction of sp³-hybridized carbons (Fsp3) is 0. The molecule has 0 saturated heterocycles. The third kappa shape index (κ3) is 4.81. The normalized spacial score (nSPS) is 11.2. The summed E-state index contributed by atoms with van der Waals surface area (Å²) in [5.41, 5.74) is 11.0. The summed E-state index contributed by atoms with van der Waals surface area (Å²) >= 11 is 0. The molecule has 0 spiro atoms. The lowest BCUT2D eigenvalue weighted by Gasteiger charge is -2.13. The van der Waals surface area contributed by atoms with Crippen LogP contribution < -0.4 is 0 Å². The van der Waals surface area contributed by atoms with Crippen LogP contribution in [0.2, 0.25) is 0 Å². The van der Waals surface area contributed by atoms with E-state index in [0.29, 0.717) is 0 Å². The van der Waals surface area contributed by atoms with Crippen LogP contribution in [0.4, 0.5) is 0 Å². The van der Waals surface area contributed by atoms with Gasteiger partial charge in [0.2, 0.25) is 0 Å². The van der Waals surface area contributed by atoms with Crippen molar-refractivity contribution in [2.75, 3.05) is 0 Å². The van der Waals surface area contributed by atoms with Crippen LogP contribution in [-0.2, 0) is 0 Å². The zero-order valence-electron chi connectivity index (χ0n) is 23.9. The summed E-state index contributed by atoms with van der Waals surface area (Å²) in [6.07, 6.45) is 7.23. The van der Waals surface area contributed by atoms with Gasteiger partial charge < -0.3 is 0 Å². The lowest BCUT2D eigenvalue weighted by atomic mass is 9.92. The number of pyridine rings is 3. The summed E-state index contributed by atoms with van der Waals surface area (Å²) < 4.78 is 0. The van der Waals surface area contributed by atoms with Crippen LogP contribution in [0.1, 0.15) is 0 Å². The molecule has 0 aliphatic heterocycles. The second-order valence-electron chi connectivity index (χ2n) is 10.9. The number of benzene rings is 5. The summed E-state index contributed by atoms with van der Waals surface area (Å²) in [5, 5.41) is 5.10. The van der Waals surface area contributed by atoms with Gasteiger partial charge in [-0.3, -0.25) is 9.97 Å². The molecular weight excluding hydrogens is 534 g/mol. The van der Waals surface area contributed by atoms with Crippen LogP contribution in [0.3, 0.4) is 0 Å². The maximum atomic E-state index is 5.00. The van der Waals surface area contributed by atoms with E-state index in [4.69, 9.17) is 4.98 Å². The number of nitrogens with zero attached hydrogens (tertiary/aromatic N) is 3. The molecule has 0 amide bonds. The first-order chi connectivity index (χ1) is 21.8. The van der Waals surface area contributed by atoms with Crippen molar-refractivity contribution in [1.82, 2.24) is 15.0 Å². The molecule has 0 fully saturated rings. The van der Waals surface area contributed by atoms with E-state index in [2.05, 4.69) is 125 Å². The van der Waals surface area contributed by atoms with Crippen molar-refractivity contribution in [3.05, 3.63) is 164 Å². The number of fused-ring (bicyclic) bond motifs is 3. The van der Waals surface area contributed by atoms with E-state index in [-0.39, 0.29) is 0 Å². The highest BCUT2D eigenvalue weighted by Gasteiger charge is 2.12. The molecule has 44 heavy (non-hydrogen) atoms. The minimum absolute atomic E-state index is 0.911. The largest absolute Gasteiger partial charge is 0.265 e. The molecule has 0 aliphatic carbocycles. The highest BCUT2D eigenvalue weighted by atomic mass is 14.7. The number of hydrogen-bond donors (Lipinski definition) is 0. The van der Waals surface area contributed by atoms with Gasteiger partial charge in [0.25, 0.3) is 0 Å². The molecule has 0 saturated carbocycles. The zero-order chi connectivity index (χ0) is 29.3. The Hall–Kier alpha value is -5.93. The van der Waals surface area contributed by atoms with Crippen molar-refractivity contribution in [2.24, 2.45) is 0 Å². The van der Waals surface area contributed by atoms with Crippen molar-refractivity contribution in [3.8, 4) is 55.9 Å². The lowest BCUT2D eigenvalue weighted by molar-refractivity contribution is 1.27. The Balaban J connectivity index is 1.19. The van der Waals surface area contributed by atoms with Gasteiger partial charge in [0, 0.05) is 35.9 Å². The first kappa shape index (κ1) is 25.8. The van der Waals surface area contributed by atoms with Crippen molar-refractivity contribution in [1.29, 1.82) is 0 Å². The van der Waals surface area contributed by atoms with Gasteiger partial charge in [-0.15, -0.1) is 0 Å². The topological polar surface area (TPSA) is 38.7 Å². The maximum absolute atomic E-state index is 5.00. The van der Waals surface area contributed by atoms with Gasteiger partial charge in [-0.2, -0.15) is 0 Å². The minimum Gasteiger partial charge on any atom is -0.265 e. The van der Waals surface area contributed by atoms with E-state index in [9.17, 15) is 0 Å². The van der Waals surface area contributed by atoms with Crippen LogP contribution in [0.25, 0.3) is 77.4 Å². The number of hydrogen-bond acceptors (Lipinski definition) is 3. The molecule has 0 N–H and O–H groups in total. The molecule has 0 unspecified atom stereocenters. The Kier molecular flexibility index (Phi) is 6.47. The average molecular weight is 562 g/mol. The SMILES string of the molecule is c1cc(-c2ccc(-c3cc4ccccc4c4ccccc34)cc2)cc(-c2cc(-c3ccncc3)nc(-c3ccncc3)c2)c1. The van der Waals surface area contributed by atoms with E-state index in [1.807, 2.05) is 24.3 Å². The summed E-state index contributed by atoms with van der Waals surface area (Å²) in [6.45, 7) is 0. The highest BCUT2D eigenvalue weighted by molar-refractivity contribution is 6.13. The van der Waals surface area contributed by atoms with Crippen LogP contribution in [0.15, 0.2) is 164 Å². The van der Waals surface area contributed by atoms with Gasteiger partial charge in [-0.05, 0) is 103 Å². The third-order valence-corrected chi connectivity index (χ3v) is 8.27. The van der Waals surface area contributed by atoms with Crippen molar-refractivity contribution < 1.29 is 0 Å². The van der Waals surface area contributed by atoms with E-state index >= 15 is 0 Å². The Morgan fingerprint density at radius 2 is 0.864 bits per heavy atom. The average Bonchev–Trinajstić information content (AvgIpc) is 3.12. The third-order valence-electron chi connectivity index (χ3n) is 8.27. The first-order valence-electron chi connectivity index (χ1n) is 14.7. The Morgan fingerprint density at radius 1 is 0.318 bits per heavy atom. The van der Waals surface area contributed by atoms with Gasteiger partial charge >= 0.3 is 0 Å². The minimum atomic E-state index is 0.911. The fourth-order valence-electron chi connectivity index (χ4n) is 6.05. The van der Waals surface area contributed by atoms with Gasteiger partial charge in [0.1, 0.15) is 0 Å². The molecule has 3 heteroatoms. The standard InChI is InChI=1S/C41H27N3/c1-2-9-36-34(6-1)25-39(38-11-4-3-10-37(36)38)29-14-12-28(13-15-29)32-7-5-8-33(24-32)35-26-40(30-16-20-42-21-17-30)44-41(27-35)31-18-22-43-23-19-31/h1-27H. The van der Waals surface area contributed by atoms with E-state index in [1.165, 1.54) is 43.8 Å². The molecule has 0 radical (unpaired) electrons. The fourth-order valence-corrected chi connectivity index (χ4v) is 6.05. The number of aromatic nitrogens is 3. The van der Waals surface area contributed by atoms with Crippen LogP contribution >= 0.6 is 0 Å². The molecule has 0 atom stereocenters. The number of rotatable bonds is 5. The summed E-state index contributed by atoms with van der Waals surface area (Å²) in [6, 6.07) is 49.7. The predicted molar refractivity (Wildman–Crippen MR) is 182 cm³/mol. The summed E-state index contributed by atoms with van der Waals surface area (Å²) in [5.74, 6) is 0. The second kappa shape index (κ2) is 11.0. The van der Waals surface area contributed by atoms with E-state index in [1.54, 1.807) is 24.8 Å². The van der Waals surface area contributed by atoms with Gasteiger partial charge in [0.15, 0.2) is 0 Å². The molecule has 8 aromatic rings. The van der Waals surface area contributed by atoms with Gasteiger partial charge in [-0.25, -0.2) is 4.98 Å². The molecule has 3 heterocycles. The zero-order valence-corrected chi connectivity index (χ0v) is 23.9. The quantitative estimate of drug-likeness (QED) is 0.196. The van der Waals surface area contributed by atoms with Crippen molar-refractivity contribution in [2.45, 2.75) is 0 Å². The Labute approximate surface area is 256 Å². The van der Waals surface area contributed by atoms with E-state index in [0.717, 1.165) is 33.6 Å². The second-order valence-corrected chi connectivity index (χ2v) is 10.9. The first-order valence-corrected chi connectivity index (χ1v) is 14.7. The summed E-state index contributed by atoms with van der Waals surface area (Å²) in [7, 11) is 0. The molecule has 3 nitrogen and oxygen atoms in total. The molecule has 3 aromatic heterocycles. The molecule has 5 aromatic carbocycles. The van der Waals surface area contributed by atoms with Crippen LogP contribution in [0, 0.1) is 0 Å². The monoisotopic (exact) mass is 561 g/mol. The Morgan fingerprint density at radius 3 is 1.52 bits per heavy atom. The maximum Gasteiger partial charge on any atom is 0.0716 e. The molecule has 8 rings (SSSR count). The molecule has 0 aliphatic rings. The summed E-state index contributed by atoms with van der Waals surface area (Å²) in [4.78, 5) is 13.4. The smallest absolute Gasteiger partial charge is 0.0716 e. The molecular formula is C41H27N3. The lowest BCUT2D eigenvalue weighted by Crippen LogP contribution is -1.92. The Bertz CT molecular complexity index is 2200. The molecule has 0 bridgehead atoms. The van der Waals surface area contributed by atoms with Gasteiger partial charge in [-0.1, -0.05) is 91.0 Å². The predicted octanol–water partition coefficient (Wildman–Crippen LogP) is 10.5.